The molecule has 1 amide bonds. The highest BCUT2D eigenvalue weighted by Gasteiger charge is 2.17. The second-order valence-electron chi connectivity index (χ2n) is 2.98. The summed E-state index contributed by atoms with van der Waals surface area (Å²) in [5.74, 6) is 0.0125. The first-order valence-electron chi connectivity index (χ1n) is 4.48. The zero-order chi connectivity index (χ0) is 11.8. The molecule has 0 saturated heterocycles. The van der Waals surface area contributed by atoms with Crippen LogP contribution in [0.3, 0.4) is 0 Å². The lowest BCUT2D eigenvalue weighted by Gasteiger charge is -2.17. The molecule has 15 heavy (non-hydrogen) atoms. The van der Waals surface area contributed by atoms with Gasteiger partial charge in [-0.05, 0) is 6.92 Å². The van der Waals surface area contributed by atoms with Crippen LogP contribution in [0.2, 0.25) is 0 Å². The fourth-order valence-electron chi connectivity index (χ4n) is 0.774. The molecule has 0 heterocycles. The Balaban J connectivity index is 3.79. The Bertz CT molecular complexity index is 228. The minimum absolute atomic E-state index is 0.235. The van der Waals surface area contributed by atoms with Gasteiger partial charge in [0.25, 0.3) is 5.91 Å². The van der Waals surface area contributed by atoms with Crippen molar-refractivity contribution in [2.45, 2.75) is 19.4 Å². The van der Waals surface area contributed by atoms with Crippen LogP contribution in [0.25, 0.3) is 0 Å². The lowest BCUT2D eigenvalue weighted by molar-refractivity contribution is -0.170. The van der Waals surface area contributed by atoms with E-state index in [1.807, 2.05) is 0 Å². The lowest BCUT2D eigenvalue weighted by Crippen LogP contribution is -2.41. The van der Waals surface area contributed by atoms with Gasteiger partial charge in [-0.2, -0.15) is 0 Å². The van der Waals surface area contributed by atoms with E-state index in [1.54, 1.807) is 6.92 Å². The average Bonchev–Trinajstić information content (AvgIpc) is 2.21. The number of likely N-dealkylation sites (N-methyl/N-ethyl adjacent to an activating group) is 1. The van der Waals surface area contributed by atoms with E-state index in [2.05, 4.69) is 5.16 Å². The van der Waals surface area contributed by atoms with Gasteiger partial charge in [0.1, 0.15) is 12.4 Å². The predicted octanol–water partition coefficient (Wildman–Crippen LogP) is -0.968. The van der Waals surface area contributed by atoms with Gasteiger partial charge in [0.2, 0.25) is 0 Å². The number of hydroxylamine groups is 2. The number of amides is 1. The highest BCUT2D eigenvalue weighted by Crippen LogP contribution is 1.96. The van der Waals surface area contributed by atoms with Gasteiger partial charge >= 0.3 is 0 Å². The van der Waals surface area contributed by atoms with Crippen LogP contribution < -0.4 is 11.5 Å². The van der Waals surface area contributed by atoms with Crippen LogP contribution in [-0.4, -0.2) is 43.6 Å². The maximum absolute atomic E-state index is 11.4. The van der Waals surface area contributed by atoms with E-state index in [4.69, 9.17) is 21.1 Å². The van der Waals surface area contributed by atoms with Crippen LogP contribution in [0.15, 0.2) is 5.16 Å². The third kappa shape index (κ3) is 5.87. The summed E-state index contributed by atoms with van der Waals surface area (Å²) in [6.45, 7) is 1.84. The van der Waals surface area contributed by atoms with Crippen molar-refractivity contribution in [3.63, 3.8) is 0 Å². The van der Waals surface area contributed by atoms with Gasteiger partial charge in [-0.15, -0.1) is 0 Å². The minimum Gasteiger partial charge on any atom is -0.394 e. The maximum atomic E-state index is 11.4. The average molecular weight is 218 g/mol. The summed E-state index contributed by atoms with van der Waals surface area (Å²) in [6, 6.07) is -0.664. The number of amidine groups is 1. The van der Waals surface area contributed by atoms with Crippen molar-refractivity contribution in [1.82, 2.24) is 5.06 Å². The van der Waals surface area contributed by atoms with Crippen LogP contribution in [0, 0.1) is 0 Å². The highest BCUT2D eigenvalue weighted by atomic mass is 16.7. The third-order valence-electron chi connectivity index (χ3n) is 1.63. The molecule has 0 saturated carbocycles. The topological polar surface area (TPSA) is 103 Å². The van der Waals surface area contributed by atoms with Crippen molar-refractivity contribution in [2.75, 3.05) is 20.8 Å². The number of carbonyl (C=O) groups is 1. The van der Waals surface area contributed by atoms with Crippen molar-refractivity contribution >= 4 is 11.7 Å². The SMILES string of the molecule is CON(C)C(=O)[C@@H](N)CCO/N=C(\C)N. The Hall–Kier alpha value is -1.34. The molecule has 0 rings (SSSR count). The van der Waals surface area contributed by atoms with Crippen molar-refractivity contribution in [1.29, 1.82) is 0 Å². The third-order valence-corrected chi connectivity index (χ3v) is 1.63. The van der Waals surface area contributed by atoms with Crippen molar-refractivity contribution in [3.05, 3.63) is 0 Å². The zero-order valence-corrected chi connectivity index (χ0v) is 9.27. The molecule has 4 N–H and O–H groups in total. The Morgan fingerprint density at radius 1 is 1.60 bits per heavy atom. The molecule has 88 valence electrons. The van der Waals surface area contributed by atoms with E-state index in [-0.39, 0.29) is 12.5 Å². The Kier molecular flexibility index (Phi) is 6.39. The molecule has 0 unspecified atom stereocenters. The molecule has 7 nitrogen and oxygen atoms in total. The number of nitrogens with zero attached hydrogens (tertiary/aromatic N) is 2. The summed E-state index contributed by atoms with van der Waals surface area (Å²) < 4.78 is 0. The first-order chi connectivity index (χ1) is 6.99. The number of nitrogens with two attached hydrogens (primary N) is 2. The van der Waals surface area contributed by atoms with Crippen LogP contribution in [-0.2, 0) is 14.5 Å². The van der Waals surface area contributed by atoms with Gasteiger partial charge in [0.05, 0.1) is 13.2 Å². The molecule has 0 aliphatic carbocycles. The molecule has 0 fully saturated rings. The molecule has 0 radical (unpaired) electrons. The fraction of sp³-hybridized carbons (Fsp3) is 0.750. The van der Waals surface area contributed by atoms with Crippen LogP contribution in [0.4, 0.5) is 0 Å². The van der Waals surface area contributed by atoms with E-state index >= 15 is 0 Å². The molecule has 0 aromatic rings. The van der Waals surface area contributed by atoms with Gasteiger partial charge < -0.3 is 16.3 Å². The molecule has 0 bridgehead atoms. The summed E-state index contributed by atoms with van der Waals surface area (Å²) in [5.41, 5.74) is 10.8. The molecule has 0 aliphatic rings. The first-order valence-corrected chi connectivity index (χ1v) is 4.48. The number of hydrogen-bond donors (Lipinski definition) is 2. The molecule has 0 aromatic heterocycles. The second-order valence-corrected chi connectivity index (χ2v) is 2.98. The highest BCUT2D eigenvalue weighted by molar-refractivity contribution is 5.80. The normalized spacial score (nSPS) is 13.5. The summed E-state index contributed by atoms with van der Waals surface area (Å²) in [5, 5.41) is 4.58. The predicted molar refractivity (Wildman–Crippen MR) is 55.6 cm³/mol. The number of hydrogen-bond acceptors (Lipinski definition) is 5. The molecule has 1 atom stereocenters. The minimum atomic E-state index is -0.664. The second kappa shape index (κ2) is 7.02. The van der Waals surface area contributed by atoms with Crippen LogP contribution in [0.5, 0.6) is 0 Å². The number of oxime groups is 1. The summed E-state index contributed by atoms with van der Waals surface area (Å²) >= 11 is 0. The van der Waals surface area contributed by atoms with E-state index in [0.29, 0.717) is 12.3 Å². The number of rotatable bonds is 6. The smallest absolute Gasteiger partial charge is 0.262 e. The van der Waals surface area contributed by atoms with Crippen molar-refractivity contribution in [3.8, 4) is 0 Å². The van der Waals surface area contributed by atoms with E-state index in [1.165, 1.54) is 14.2 Å². The van der Waals surface area contributed by atoms with Crippen LogP contribution in [0.1, 0.15) is 13.3 Å². The summed E-state index contributed by atoms with van der Waals surface area (Å²) in [4.78, 5) is 20.9. The Morgan fingerprint density at radius 2 is 2.20 bits per heavy atom. The van der Waals surface area contributed by atoms with Crippen molar-refractivity contribution < 1.29 is 14.5 Å². The zero-order valence-electron chi connectivity index (χ0n) is 9.27. The quantitative estimate of drug-likeness (QED) is 0.258. The summed E-state index contributed by atoms with van der Waals surface area (Å²) in [6.07, 6.45) is 0.351. The maximum Gasteiger partial charge on any atom is 0.262 e. The van der Waals surface area contributed by atoms with E-state index in [0.717, 1.165) is 5.06 Å². The molecular formula is C8H18N4O3. The molecule has 7 heteroatoms. The van der Waals surface area contributed by atoms with Gasteiger partial charge in [-0.25, -0.2) is 5.06 Å². The largest absolute Gasteiger partial charge is 0.394 e. The van der Waals surface area contributed by atoms with Gasteiger partial charge in [0, 0.05) is 13.5 Å². The van der Waals surface area contributed by atoms with E-state index in [9.17, 15) is 4.79 Å². The van der Waals surface area contributed by atoms with Crippen molar-refractivity contribution in [2.24, 2.45) is 16.6 Å². The van der Waals surface area contributed by atoms with Gasteiger partial charge in [-0.1, -0.05) is 5.16 Å². The lowest BCUT2D eigenvalue weighted by atomic mass is 10.2. The molecule has 0 spiro atoms. The number of carbonyl (C=O) groups excluding carboxylic acids is 1. The molecular weight excluding hydrogens is 200 g/mol. The first kappa shape index (κ1) is 13.7. The van der Waals surface area contributed by atoms with Gasteiger partial charge in [0.15, 0.2) is 0 Å². The van der Waals surface area contributed by atoms with Gasteiger partial charge in [-0.3, -0.25) is 9.63 Å². The van der Waals surface area contributed by atoms with E-state index < -0.39 is 6.04 Å². The summed E-state index contributed by atoms with van der Waals surface area (Å²) in [7, 11) is 2.88. The Morgan fingerprint density at radius 3 is 2.67 bits per heavy atom. The monoisotopic (exact) mass is 218 g/mol. The molecule has 0 aliphatic heterocycles. The van der Waals surface area contributed by atoms with Crippen LogP contribution >= 0.6 is 0 Å². The standard InChI is InChI=1S/C8H18N4O3/c1-6(9)11-15-5-4-7(10)8(13)12(2)14-3/h7H,4-5,10H2,1-3H3,(H2,9,11)/t7-/m0/s1. The Labute approximate surface area is 88.9 Å². The molecule has 0 aromatic carbocycles. The fourth-order valence-corrected chi connectivity index (χ4v) is 0.774.